The number of hydrogen-bond acceptors (Lipinski definition) is 5. The second kappa shape index (κ2) is 9.12. The molecule has 0 aliphatic rings. The van der Waals surface area contributed by atoms with Crippen molar-refractivity contribution in [1.29, 1.82) is 0 Å². The molecule has 0 heterocycles. The number of hydrogen-bond donors (Lipinski definition) is 2. The Hall–Kier alpha value is -3.22. The molecule has 0 aliphatic heterocycles. The molecule has 0 atom stereocenters. The van der Waals surface area contributed by atoms with E-state index in [4.69, 9.17) is 14.2 Å². The maximum absolute atomic E-state index is 12.7. The third-order valence-corrected chi connectivity index (χ3v) is 4.40. The lowest BCUT2D eigenvalue weighted by molar-refractivity contribution is -0.138. The van der Waals surface area contributed by atoms with Gasteiger partial charge in [-0.3, -0.25) is 9.59 Å². The fourth-order valence-corrected chi connectivity index (χ4v) is 2.43. The van der Waals surface area contributed by atoms with E-state index in [2.05, 4.69) is 10.6 Å². The Morgan fingerprint density at radius 3 is 2.04 bits per heavy atom. The summed E-state index contributed by atoms with van der Waals surface area (Å²) in [7, 11) is 4.64. The number of rotatable bonds is 8. The largest absolute Gasteiger partial charge is 0.497 e. The molecule has 28 heavy (non-hydrogen) atoms. The second-order valence-corrected chi connectivity index (χ2v) is 6.68. The van der Waals surface area contributed by atoms with Crippen LogP contribution in [0, 0.1) is 5.41 Å². The number of carbonyl (C=O) groups is 2. The average molecular weight is 386 g/mol. The maximum atomic E-state index is 12.7. The topological polar surface area (TPSA) is 85.9 Å². The van der Waals surface area contributed by atoms with Gasteiger partial charge in [0.25, 0.3) is 0 Å². The molecule has 2 aromatic rings. The smallest absolute Gasteiger partial charge is 0.239 e. The Morgan fingerprint density at radius 1 is 0.857 bits per heavy atom. The first-order valence-electron chi connectivity index (χ1n) is 8.76. The summed E-state index contributed by atoms with van der Waals surface area (Å²) in [6, 6.07) is 12.4. The highest BCUT2D eigenvalue weighted by atomic mass is 16.5. The number of ether oxygens (including phenoxy) is 3. The van der Waals surface area contributed by atoms with Crippen LogP contribution in [0.15, 0.2) is 42.5 Å². The molecule has 0 bridgehead atoms. The van der Waals surface area contributed by atoms with Crippen LogP contribution in [-0.4, -0.2) is 33.1 Å². The zero-order valence-corrected chi connectivity index (χ0v) is 16.8. The predicted octanol–water partition coefficient (Wildman–Crippen LogP) is 2.99. The summed E-state index contributed by atoms with van der Waals surface area (Å²) in [5.74, 6) is 0.966. The highest BCUT2D eigenvalue weighted by Crippen LogP contribution is 2.30. The van der Waals surface area contributed by atoms with Gasteiger partial charge in [0.2, 0.25) is 11.8 Å². The quantitative estimate of drug-likeness (QED) is 0.681. The monoisotopic (exact) mass is 386 g/mol. The van der Waals surface area contributed by atoms with Gasteiger partial charge in [0, 0.05) is 12.6 Å². The minimum Gasteiger partial charge on any atom is -0.497 e. The normalized spacial score (nSPS) is 10.8. The first kappa shape index (κ1) is 21.1. The van der Waals surface area contributed by atoms with Crippen molar-refractivity contribution in [3.8, 4) is 17.2 Å². The van der Waals surface area contributed by atoms with Gasteiger partial charge in [-0.2, -0.15) is 0 Å². The molecule has 7 nitrogen and oxygen atoms in total. The second-order valence-electron chi connectivity index (χ2n) is 6.68. The van der Waals surface area contributed by atoms with Crippen LogP contribution in [0.3, 0.4) is 0 Å². The van der Waals surface area contributed by atoms with Crippen molar-refractivity contribution in [2.45, 2.75) is 20.4 Å². The standard InChI is InChI=1S/C21H26N2O5/c1-21(2,19(24)22-13-14-6-8-15(26-3)9-7-14)20(25)23-17-11-10-16(27-4)12-18(17)28-5/h6-12H,13H2,1-5H3,(H,22,24)(H,23,25). The molecular formula is C21H26N2O5. The van der Waals surface area contributed by atoms with Gasteiger partial charge in [-0.1, -0.05) is 12.1 Å². The average Bonchev–Trinajstić information content (AvgIpc) is 2.72. The molecule has 0 saturated carbocycles. The Bertz CT molecular complexity index is 831. The molecule has 150 valence electrons. The van der Waals surface area contributed by atoms with E-state index in [9.17, 15) is 9.59 Å². The molecule has 7 heteroatoms. The lowest BCUT2D eigenvalue weighted by Crippen LogP contribution is -2.44. The zero-order chi connectivity index (χ0) is 20.7. The molecule has 0 radical (unpaired) electrons. The Balaban J connectivity index is 2.03. The van der Waals surface area contributed by atoms with Gasteiger partial charge < -0.3 is 24.8 Å². The van der Waals surface area contributed by atoms with E-state index >= 15 is 0 Å². The molecule has 2 N–H and O–H groups in total. The number of methoxy groups -OCH3 is 3. The molecule has 2 aromatic carbocycles. The van der Waals surface area contributed by atoms with E-state index in [0.29, 0.717) is 23.7 Å². The van der Waals surface area contributed by atoms with Gasteiger partial charge >= 0.3 is 0 Å². The minimum absolute atomic E-state index is 0.311. The summed E-state index contributed by atoms with van der Waals surface area (Å²) in [6.07, 6.45) is 0. The van der Waals surface area contributed by atoms with Crippen molar-refractivity contribution in [1.82, 2.24) is 5.32 Å². The Morgan fingerprint density at radius 2 is 1.46 bits per heavy atom. The summed E-state index contributed by atoms with van der Waals surface area (Å²) in [4.78, 5) is 25.3. The van der Waals surface area contributed by atoms with Gasteiger partial charge in [-0.25, -0.2) is 0 Å². The lowest BCUT2D eigenvalue weighted by atomic mass is 9.90. The molecule has 0 saturated heterocycles. The van der Waals surface area contributed by atoms with Crippen molar-refractivity contribution in [2.24, 2.45) is 5.41 Å². The third kappa shape index (κ3) is 4.94. The summed E-state index contributed by atoms with van der Waals surface area (Å²) < 4.78 is 15.5. The van der Waals surface area contributed by atoms with E-state index in [1.807, 2.05) is 24.3 Å². The molecule has 0 fully saturated rings. The van der Waals surface area contributed by atoms with Gasteiger partial charge in [-0.15, -0.1) is 0 Å². The van der Waals surface area contributed by atoms with E-state index in [1.165, 1.54) is 7.11 Å². The number of amides is 2. The molecule has 2 amide bonds. The maximum Gasteiger partial charge on any atom is 0.239 e. The molecule has 0 aromatic heterocycles. The van der Waals surface area contributed by atoms with Gasteiger partial charge in [0.15, 0.2) is 0 Å². The minimum atomic E-state index is -1.28. The van der Waals surface area contributed by atoms with E-state index in [-0.39, 0.29) is 5.91 Å². The van der Waals surface area contributed by atoms with Gasteiger partial charge in [-0.05, 0) is 43.7 Å². The Kier molecular flexibility index (Phi) is 6.87. The fourth-order valence-electron chi connectivity index (χ4n) is 2.43. The van der Waals surface area contributed by atoms with Crippen LogP contribution in [0.5, 0.6) is 17.2 Å². The zero-order valence-electron chi connectivity index (χ0n) is 16.8. The van der Waals surface area contributed by atoms with Gasteiger partial charge in [0.1, 0.15) is 22.7 Å². The highest BCUT2D eigenvalue weighted by molar-refractivity contribution is 6.10. The van der Waals surface area contributed by atoms with Crippen molar-refractivity contribution in [3.63, 3.8) is 0 Å². The first-order chi connectivity index (χ1) is 13.3. The lowest BCUT2D eigenvalue weighted by Gasteiger charge is -2.23. The first-order valence-corrected chi connectivity index (χ1v) is 8.76. The molecule has 0 spiro atoms. The summed E-state index contributed by atoms with van der Waals surface area (Å²) in [6.45, 7) is 3.45. The number of nitrogens with one attached hydrogen (secondary N) is 2. The summed E-state index contributed by atoms with van der Waals surface area (Å²) in [5.41, 5.74) is 0.0868. The highest BCUT2D eigenvalue weighted by Gasteiger charge is 2.36. The SMILES string of the molecule is COc1ccc(CNC(=O)C(C)(C)C(=O)Nc2ccc(OC)cc2OC)cc1. The summed E-state index contributed by atoms with van der Waals surface area (Å²) >= 11 is 0. The fraction of sp³-hybridized carbons (Fsp3) is 0.333. The number of carbonyl (C=O) groups excluding carboxylic acids is 2. The van der Waals surface area contributed by atoms with Crippen molar-refractivity contribution >= 4 is 17.5 Å². The number of benzene rings is 2. The van der Waals surface area contributed by atoms with E-state index in [1.54, 1.807) is 46.3 Å². The molecular weight excluding hydrogens is 360 g/mol. The van der Waals surface area contributed by atoms with Crippen LogP contribution in [0.2, 0.25) is 0 Å². The van der Waals surface area contributed by atoms with Gasteiger partial charge in [0.05, 0.1) is 27.0 Å². The van der Waals surface area contributed by atoms with Crippen LogP contribution in [-0.2, 0) is 16.1 Å². The van der Waals surface area contributed by atoms with Crippen molar-refractivity contribution < 1.29 is 23.8 Å². The van der Waals surface area contributed by atoms with Crippen LogP contribution >= 0.6 is 0 Å². The van der Waals surface area contributed by atoms with Crippen LogP contribution < -0.4 is 24.8 Å². The predicted molar refractivity (Wildman–Crippen MR) is 107 cm³/mol. The molecule has 2 rings (SSSR count). The third-order valence-electron chi connectivity index (χ3n) is 4.40. The molecule has 0 aliphatic carbocycles. The summed E-state index contributed by atoms with van der Waals surface area (Å²) in [5, 5.41) is 5.55. The van der Waals surface area contributed by atoms with Crippen LogP contribution in [0.1, 0.15) is 19.4 Å². The van der Waals surface area contributed by atoms with Crippen molar-refractivity contribution in [3.05, 3.63) is 48.0 Å². The van der Waals surface area contributed by atoms with E-state index < -0.39 is 11.3 Å². The van der Waals surface area contributed by atoms with Crippen molar-refractivity contribution in [2.75, 3.05) is 26.6 Å². The molecule has 0 unspecified atom stereocenters. The van der Waals surface area contributed by atoms with Crippen LogP contribution in [0.4, 0.5) is 5.69 Å². The van der Waals surface area contributed by atoms with Crippen LogP contribution in [0.25, 0.3) is 0 Å². The number of anilines is 1. The van der Waals surface area contributed by atoms with E-state index in [0.717, 1.165) is 11.3 Å². The Labute approximate surface area is 165 Å².